The van der Waals surface area contributed by atoms with Crippen LogP contribution in [0.2, 0.25) is 0 Å². The molecular weight excluding hydrogens is 206 g/mol. The van der Waals surface area contributed by atoms with Gasteiger partial charge in [-0.2, -0.15) is 0 Å². The molecule has 0 aliphatic carbocycles. The Labute approximate surface area is 94.1 Å². The molecule has 0 spiro atoms. The van der Waals surface area contributed by atoms with Gasteiger partial charge in [0.25, 0.3) is 0 Å². The predicted octanol–water partition coefficient (Wildman–Crippen LogP) is 1.26. The molecule has 4 nitrogen and oxygen atoms in total. The van der Waals surface area contributed by atoms with E-state index in [0.717, 1.165) is 13.1 Å². The van der Waals surface area contributed by atoms with Crippen LogP contribution in [-0.2, 0) is 11.3 Å². The van der Waals surface area contributed by atoms with Crippen molar-refractivity contribution in [2.45, 2.75) is 19.4 Å². The number of benzene rings is 1. The number of piperidine rings is 1. The van der Waals surface area contributed by atoms with Gasteiger partial charge in [0, 0.05) is 38.0 Å². The summed E-state index contributed by atoms with van der Waals surface area (Å²) >= 11 is 0. The summed E-state index contributed by atoms with van der Waals surface area (Å²) in [6, 6.07) is 4.95. The number of phenolic OH excluding ortho intramolecular Hbond substituents is 2. The molecule has 0 saturated carbocycles. The minimum Gasteiger partial charge on any atom is -0.504 e. The average Bonchev–Trinajstić information content (AvgIpc) is 2.28. The quantitative estimate of drug-likeness (QED) is 0.738. The maximum Gasteiger partial charge on any atom is 0.161 e. The summed E-state index contributed by atoms with van der Waals surface area (Å²) in [7, 11) is 0. The number of rotatable bonds is 2. The highest BCUT2D eigenvalue weighted by molar-refractivity contribution is 5.79. The van der Waals surface area contributed by atoms with Gasteiger partial charge < -0.3 is 10.2 Å². The van der Waals surface area contributed by atoms with Crippen LogP contribution in [0.1, 0.15) is 18.4 Å². The van der Waals surface area contributed by atoms with Gasteiger partial charge in [-0.15, -0.1) is 0 Å². The van der Waals surface area contributed by atoms with E-state index < -0.39 is 0 Å². The van der Waals surface area contributed by atoms with Crippen LogP contribution in [0.3, 0.4) is 0 Å². The SMILES string of the molecule is O=C1CCN(Cc2cccc(O)c2O)CC1. The van der Waals surface area contributed by atoms with Crippen molar-refractivity contribution < 1.29 is 15.0 Å². The van der Waals surface area contributed by atoms with Crippen molar-refractivity contribution in [1.82, 2.24) is 4.90 Å². The van der Waals surface area contributed by atoms with Gasteiger partial charge in [0.1, 0.15) is 5.78 Å². The Balaban J connectivity index is 2.04. The van der Waals surface area contributed by atoms with Gasteiger partial charge in [-0.3, -0.25) is 9.69 Å². The largest absolute Gasteiger partial charge is 0.504 e. The predicted molar refractivity (Wildman–Crippen MR) is 59.3 cm³/mol. The molecule has 0 unspecified atom stereocenters. The Hall–Kier alpha value is -1.55. The normalized spacial score (nSPS) is 17.6. The molecule has 2 rings (SSSR count). The first kappa shape index (κ1) is 11.0. The van der Waals surface area contributed by atoms with E-state index in [2.05, 4.69) is 4.90 Å². The maximum absolute atomic E-state index is 11.1. The van der Waals surface area contributed by atoms with Crippen molar-refractivity contribution >= 4 is 5.78 Å². The number of carbonyl (C=O) groups excluding carboxylic acids is 1. The van der Waals surface area contributed by atoms with Crippen LogP contribution in [0.15, 0.2) is 18.2 Å². The Bertz CT molecular complexity index is 393. The lowest BCUT2D eigenvalue weighted by molar-refractivity contribution is -0.121. The van der Waals surface area contributed by atoms with Crippen molar-refractivity contribution in [3.63, 3.8) is 0 Å². The second kappa shape index (κ2) is 4.53. The molecule has 1 saturated heterocycles. The van der Waals surface area contributed by atoms with E-state index in [-0.39, 0.29) is 11.5 Å². The zero-order valence-corrected chi connectivity index (χ0v) is 9.02. The lowest BCUT2D eigenvalue weighted by Gasteiger charge is -2.26. The molecule has 0 bridgehead atoms. The van der Waals surface area contributed by atoms with Gasteiger partial charge in [-0.05, 0) is 6.07 Å². The summed E-state index contributed by atoms with van der Waals surface area (Å²) in [4.78, 5) is 13.2. The number of carbonyl (C=O) groups is 1. The molecule has 16 heavy (non-hydrogen) atoms. The molecule has 0 amide bonds. The van der Waals surface area contributed by atoms with E-state index >= 15 is 0 Å². The van der Waals surface area contributed by atoms with Crippen LogP contribution in [-0.4, -0.2) is 34.0 Å². The monoisotopic (exact) mass is 221 g/mol. The zero-order chi connectivity index (χ0) is 11.5. The van der Waals surface area contributed by atoms with Crippen LogP contribution in [0.4, 0.5) is 0 Å². The summed E-state index contributed by atoms with van der Waals surface area (Å²) in [5.74, 6) is 0.154. The molecule has 2 N–H and O–H groups in total. The van der Waals surface area contributed by atoms with Gasteiger partial charge in [-0.25, -0.2) is 0 Å². The highest BCUT2D eigenvalue weighted by atomic mass is 16.3. The third-order valence-corrected chi connectivity index (χ3v) is 2.91. The lowest BCUT2D eigenvalue weighted by Crippen LogP contribution is -2.33. The number of nitrogens with zero attached hydrogens (tertiary/aromatic N) is 1. The number of hydrogen-bond donors (Lipinski definition) is 2. The standard InChI is InChI=1S/C12H15NO3/c14-10-4-6-13(7-5-10)8-9-2-1-3-11(15)12(9)16/h1-3,15-16H,4-8H2. The second-order valence-corrected chi connectivity index (χ2v) is 4.10. The molecule has 0 atom stereocenters. The first-order chi connectivity index (χ1) is 7.66. The molecule has 4 heteroatoms. The molecule has 0 radical (unpaired) electrons. The van der Waals surface area contributed by atoms with Crippen molar-refractivity contribution in [1.29, 1.82) is 0 Å². The molecule has 1 aliphatic heterocycles. The van der Waals surface area contributed by atoms with E-state index in [1.807, 2.05) is 0 Å². The molecule has 1 fully saturated rings. The molecule has 1 aromatic carbocycles. The Kier molecular flexibility index (Phi) is 3.10. The number of phenols is 2. The van der Waals surface area contributed by atoms with Crippen molar-refractivity contribution in [3.8, 4) is 11.5 Å². The number of ketones is 1. The van der Waals surface area contributed by atoms with E-state index in [0.29, 0.717) is 30.7 Å². The van der Waals surface area contributed by atoms with Crippen LogP contribution in [0.25, 0.3) is 0 Å². The van der Waals surface area contributed by atoms with Crippen molar-refractivity contribution in [2.75, 3.05) is 13.1 Å². The van der Waals surface area contributed by atoms with Gasteiger partial charge in [0.2, 0.25) is 0 Å². The van der Waals surface area contributed by atoms with Gasteiger partial charge in [0.05, 0.1) is 0 Å². The number of hydrogen-bond acceptors (Lipinski definition) is 4. The fraction of sp³-hybridized carbons (Fsp3) is 0.417. The second-order valence-electron chi connectivity index (χ2n) is 4.10. The fourth-order valence-corrected chi connectivity index (χ4v) is 1.91. The molecule has 0 aromatic heterocycles. The number of para-hydroxylation sites is 1. The van der Waals surface area contributed by atoms with Gasteiger partial charge in [0.15, 0.2) is 11.5 Å². The number of aromatic hydroxyl groups is 2. The topological polar surface area (TPSA) is 60.8 Å². The van der Waals surface area contributed by atoms with E-state index in [1.54, 1.807) is 12.1 Å². The summed E-state index contributed by atoms with van der Waals surface area (Å²) in [6.07, 6.45) is 1.17. The minimum atomic E-state index is -0.0921. The van der Waals surface area contributed by atoms with E-state index in [4.69, 9.17) is 0 Å². The molecule has 1 heterocycles. The highest BCUT2D eigenvalue weighted by Gasteiger charge is 2.17. The van der Waals surface area contributed by atoms with Crippen LogP contribution in [0.5, 0.6) is 11.5 Å². The third-order valence-electron chi connectivity index (χ3n) is 2.91. The molecule has 86 valence electrons. The molecule has 1 aromatic rings. The summed E-state index contributed by atoms with van der Waals surface area (Å²) in [5.41, 5.74) is 0.703. The summed E-state index contributed by atoms with van der Waals surface area (Å²) in [6.45, 7) is 2.04. The van der Waals surface area contributed by atoms with Crippen molar-refractivity contribution in [3.05, 3.63) is 23.8 Å². The average molecular weight is 221 g/mol. The van der Waals surface area contributed by atoms with Crippen LogP contribution < -0.4 is 0 Å². The first-order valence-electron chi connectivity index (χ1n) is 5.40. The minimum absolute atomic E-state index is 0.0561. The van der Waals surface area contributed by atoms with Crippen LogP contribution >= 0.6 is 0 Å². The summed E-state index contributed by atoms with van der Waals surface area (Å²) in [5, 5.41) is 19.0. The zero-order valence-electron chi connectivity index (χ0n) is 9.02. The van der Waals surface area contributed by atoms with Crippen molar-refractivity contribution in [2.24, 2.45) is 0 Å². The summed E-state index contributed by atoms with van der Waals surface area (Å²) < 4.78 is 0. The smallest absolute Gasteiger partial charge is 0.161 e. The number of likely N-dealkylation sites (tertiary alicyclic amines) is 1. The maximum atomic E-state index is 11.1. The Morgan fingerprint density at radius 2 is 1.88 bits per heavy atom. The highest BCUT2D eigenvalue weighted by Crippen LogP contribution is 2.29. The Morgan fingerprint density at radius 3 is 2.56 bits per heavy atom. The fourth-order valence-electron chi connectivity index (χ4n) is 1.91. The Morgan fingerprint density at radius 1 is 1.19 bits per heavy atom. The molecule has 1 aliphatic rings. The third kappa shape index (κ3) is 2.33. The van der Waals surface area contributed by atoms with Crippen LogP contribution in [0, 0.1) is 0 Å². The van der Waals surface area contributed by atoms with E-state index in [1.165, 1.54) is 6.07 Å². The van der Waals surface area contributed by atoms with Gasteiger partial charge in [-0.1, -0.05) is 12.1 Å². The first-order valence-corrected chi connectivity index (χ1v) is 5.40. The van der Waals surface area contributed by atoms with Gasteiger partial charge >= 0.3 is 0 Å². The molecular formula is C12H15NO3. The number of Topliss-reactive ketones (excluding diaryl/α,β-unsaturated/α-hetero) is 1. The van der Waals surface area contributed by atoms with E-state index in [9.17, 15) is 15.0 Å². The lowest BCUT2D eigenvalue weighted by atomic mass is 10.1.